The second kappa shape index (κ2) is 12.9. The lowest BCUT2D eigenvalue weighted by atomic mass is 9.96. The molecule has 3 aromatic rings. The van der Waals surface area contributed by atoms with E-state index in [0.717, 1.165) is 23.4 Å². The number of esters is 1. The summed E-state index contributed by atoms with van der Waals surface area (Å²) in [5, 5.41) is 3.41. The Balaban J connectivity index is 1.51. The van der Waals surface area contributed by atoms with E-state index in [-0.39, 0.29) is 18.4 Å². The van der Waals surface area contributed by atoms with E-state index < -0.39 is 17.0 Å². The third-order valence-corrected chi connectivity index (χ3v) is 8.15. The van der Waals surface area contributed by atoms with Crippen LogP contribution in [-0.2, 0) is 25.3 Å². The Labute approximate surface area is 227 Å². The van der Waals surface area contributed by atoms with Gasteiger partial charge in [0.15, 0.2) is 16.1 Å². The summed E-state index contributed by atoms with van der Waals surface area (Å²) < 4.78 is 32.0. The molecule has 2 aromatic heterocycles. The van der Waals surface area contributed by atoms with Gasteiger partial charge in [0.25, 0.3) is 0 Å². The number of ether oxygens (including phenoxy) is 3. The molecule has 1 aliphatic rings. The van der Waals surface area contributed by atoms with Gasteiger partial charge in [0.2, 0.25) is 11.8 Å². The quantitative estimate of drug-likeness (QED) is 0.346. The van der Waals surface area contributed by atoms with E-state index in [0.29, 0.717) is 52.4 Å². The fourth-order valence-electron chi connectivity index (χ4n) is 4.03. The van der Waals surface area contributed by atoms with Crippen molar-refractivity contribution in [2.75, 3.05) is 37.0 Å². The van der Waals surface area contributed by atoms with E-state index in [1.165, 1.54) is 18.4 Å². The number of methoxy groups -OCH3 is 1. The third-order valence-electron chi connectivity index (χ3n) is 5.92. The Hall–Kier alpha value is -3.35. The molecule has 1 atom stereocenters. The highest BCUT2D eigenvalue weighted by atomic mass is 32.2. The van der Waals surface area contributed by atoms with Gasteiger partial charge >= 0.3 is 5.97 Å². The molecule has 1 amide bonds. The van der Waals surface area contributed by atoms with Crippen molar-refractivity contribution >= 4 is 45.0 Å². The number of amides is 1. The van der Waals surface area contributed by atoms with Gasteiger partial charge in [0.05, 0.1) is 29.9 Å². The van der Waals surface area contributed by atoms with Gasteiger partial charge in [-0.2, -0.15) is 0 Å². The first-order valence-electron chi connectivity index (χ1n) is 12.2. The maximum absolute atomic E-state index is 13.3. The molecular weight excluding hydrogens is 528 g/mol. The smallest absolute Gasteiger partial charge is 0.338 e. The summed E-state index contributed by atoms with van der Waals surface area (Å²) in [5.41, 5.74) is 2.23. The van der Waals surface area contributed by atoms with E-state index in [1.807, 2.05) is 6.92 Å². The Bertz CT molecular complexity index is 1320. The van der Waals surface area contributed by atoms with Crippen molar-refractivity contribution < 1.29 is 28.0 Å². The third kappa shape index (κ3) is 6.94. The SMILES string of the molecule is CCOC(=O)c1cccc(NS(=O)c2cc(-c3sc(NC(=O)CC4CCOCC4)nc3C)cnc2OC)c1. The first kappa shape index (κ1) is 27.7. The predicted molar refractivity (Wildman–Crippen MR) is 146 cm³/mol. The zero-order valence-corrected chi connectivity index (χ0v) is 23.1. The zero-order chi connectivity index (χ0) is 27.1. The molecule has 38 heavy (non-hydrogen) atoms. The minimum Gasteiger partial charge on any atom is -0.480 e. The molecule has 0 spiro atoms. The van der Waals surface area contributed by atoms with Gasteiger partial charge in [-0.15, -0.1) is 0 Å². The number of carbonyl (C=O) groups excluding carboxylic acids is 2. The summed E-state index contributed by atoms with van der Waals surface area (Å²) in [4.78, 5) is 34.6. The number of aryl methyl sites for hydroxylation is 1. The minimum atomic E-state index is -1.75. The monoisotopic (exact) mass is 558 g/mol. The second-order valence-electron chi connectivity index (χ2n) is 8.65. The molecule has 0 radical (unpaired) electrons. The lowest BCUT2D eigenvalue weighted by Gasteiger charge is -2.20. The van der Waals surface area contributed by atoms with Crippen molar-refractivity contribution in [3.63, 3.8) is 0 Å². The van der Waals surface area contributed by atoms with Gasteiger partial charge < -0.3 is 24.2 Å². The number of pyridine rings is 1. The number of benzene rings is 1. The first-order chi connectivity index (χ1) is 18.4. The van der Waals surface area contributed by atoms with Crippen LogP contribution >= 0.6 is 11.3 Å². The predicted octanol–water partition coefficient (Wildman–Crippen LogP) is 4.59. The first-order valence-corrected chi connectivity index (χ1v) is 14.2. The average Bonchev–Trinajstić information content (AvgIpc) is 3.28. The number of nitrogens with one attached hydrogen (secondary N) is 2. The Morgan fingerprint density at radius 2 is 2.03 bits per heavy atom. The molecule has 1 saturated heterocycles. The Morgan fingerprint density at radius 1 is 1.24 bits per heavy atom. The van der Waals surface area contributed by atoms with Crippen LogP contribution in [0.15, 0.2) is 41.4 Å². The summed E-state index contributed by atoms with van der Waals surface area (Å²) in [6, 6.07) is 8.30. The standard InChI is InChI=1S/C26H30N4O6S2/c1-4-36-25(32)18-6-5-7-20(13-18)30-38(33)21-14-19(15-27-24(21)34-3)23-16(2)28-26(37-23)29-22(31)12-17-8-10-35-11-9-17/h5-7,13-15,17,30H,4,8-12H2,1-3H3,(H,28,29,31). The summed E-state index contributed by atoms with van der Waals surface area (Å²) >= 11 is 1.33. The van der Waals surface area contributed by atoms with E-state index in [4.69, 9.17) is 14.2 Å². The molecule has 1 aromatic carbocycles. The molecule has 1 fully saturated rings. The van der Waals surface area contributed by atoms with Gasteiger partial charge in [-0.05, 0) is 56.9 Å². The number of nitrogens with zero attached hydrogens (tertiary/aromatic N) is 2. The van der Waals surface area contributed by atoms with Crippen molar-refractivity contribution in [1.29, 1.82) is 0 Å². The Morgan fingerprint density at radius 3 is 2.76 bits per heavy atom. The molecule has 10 nitrogen and oxygen atoms in total. The largest absolute Gasteiger partial charge is 0.480 e. The van der Waals surface area contributed by atoms with E-state index in [9.17, 15) is 13.8 Å². The molecule has 0 aliphatic carbocycles. The van der Waals surface area contributed by atoms with Gasteiger partial charge in [-0.1, -0.05) is 17.4 Å². The molecule has 0 bridgehead atoms. The highest BCUT2D eigenvalue weighted by Gasteiger charge is 2.21. The normalized spacial score (nSPS) is 14.5. The lowest BCUT2D eigenvalue weighted by molar-refractivity contribution is -0.117. The van der Waals surface area contributed by atoms with E-state index in [1.54, 1.807) is 43.5 Å². The van der Waals surface area contributed by atoms with Crippen molar-refractivity contribution in [2.24, 2.45) is 5.92 Å². The van der Waals surface area contributed by atoms with Crippen LogP contribution in [0.3, 0.4) is 0 Å². The average molecular weight is 559 g/mol. The molecule has 1 aliphatic heterocycles. The number of hydrogen-bond donors (Lipinski definition) is 2. The van der Waals surface area contributed by atoms with Gasteiger partial charge in [0.1, 0.15) is 4.90 Å². The Kier molecular flexibility index (Phi) is 9.43. The summed E-state index contributed by atoms with van der Waals surface area (Å²) in [6.45, 7) is 5.23. The zero-order valence-electron chi connectivity index (χ0n) is 21.4. The van der Waals surface area contributed by atoms with Crippen LogP contribution in [0, 0.1) is 12.8 Å². The van der Waals surface area contributed by atoms with Crippen LogP contribution < -0.4 is 14.8 Å². The molecule has 1 unspecified atom stereocenters. The summed E-state index contributed by atoms with van der Waals surface area (Å²) in [5.74, 6) is -0.00743. The van der Waals surface area contributed by atoms with Crippen LogP contribution in [0.5, 0.6) is 5.88 Å². The fraction of sp³-hybridized carbons (Fsp3) is 0.385. The molecule has 3 heterocycles. The van der Waals surface area contributed by atoms with Crippen LogP contribution in [0.1, 0.15) is 42.2 Å². The second-order valence-corrected chi connectivity index (χ2v) is 10.8. The highest BCUT2D eigenvalue weighted by Crippen LogP contribution is 2.35. The molecule has 0 saturated carbocycles. The topological polar surface area (TPSA) is 129 Å². The van der Waals surface area contributed by atoms with Gasteiger partial charge in [-0.3, -0.25) is 4.79 Å². The number of hydrogen-bond acceptors (Lipinski definition) is 9. The minimum absolute atomic E-state index is 0.0684. The van der Waals surface area contributed by atoms with E-state index >= 15 is 0 Å². The number of rotatable bonds is 10. The van der Waals surface area contributed by atoms with Crippen LogP contribution in [0.25, 0.3) is 10.4 Å². The van der Waals surface area contributed by atoms with Gasteiger partial charge in [-0.25, -0.2) is 19.0 Å². The molecule has 202 valence electrons. The van der Waals surface area contributed by atoms with Crippen molar-refractivity contribution in [3.8, 4) is 16.3 Å². The van der Waals surface area contributed by atoms with E-state index in [2.05, 4.69) is 20.0 Å². The summed E-state index contributed by atoms with van der Waals surface area (Å²) in [6.07, 6.45) is 3.82. The number of anilines is 2. The highest BCUT2D eigenvalue weighted by molar-refractivity contribution is 7.86. The van der Waals surface area contributed by atoms with Crippen LogP contribution in [0.2, 0.25) is 0 Å². The van der Waals surface area contributed by atoms with Crippen molar-refractivity contribution in [3.05, 3.63) is 47.8 Å². The molecule has 4 rings (SSSR count). The number of carbonyl (C=O) groups is 2. The summed E-state index contributed by atoms with van der Waals surface area (Å²) in [7, 11) is -0.301. The fourth-order valence-corrected chi connectivity index (χ4v) is 5.97. The lowest BCUT2D eigenvalue weighted by Crippen LogP contribution is -2.22. The molecular formula is C26H30N4O6S2. The number of thiazole rings is 1. The number of aromatic nitrogens is 2. The van der Waals surface area contributed by atoms with Gasteiger partial charge in [0, 0.05) is 37.1 Å². The molecule has 2 N–H and O–H groups in total. The van der Waals surface area contributed by atoms with Crippen LogP contribution in [-0.4, -0.2) is 53.0 Å². The maximum Gasteiger partial charge on any atom is 0.338 e. The van der Waals surface area contributed by atoms with Crippen molar-refractivity contribution in [2.45, 2.75) is 38.0 Å². The van der Waals surface area contributed by atoms with Crippen LogP contribution in [0.4, 0.5) is 10.8 Å². The molecule has 12 heteroatoms. The van der Waals surface area contributed by atoms with Crippen molar-refractivity contribution in [1.82, 2.24) is 9.97 Å². The maximum atomic E-state index is 13.3.